The average molecular weight is 420 g/mol. The van der Waals surface area contributed by atoms with Crippen LogP contribution in [0.3, 0.4) is 0 Å². The molecule has 0 radical (unpaired) electrons. The van der Waals surface area contributed by atoms with Crippen molar-refractivity contribution in [2.24, 2.45) is 5.92 Å². The summed E-state index contributed by atoms with van der Waals surface area (Å²) < 4.78 is 0. The number of rotatable bonds is 4. The van der Waals surface area contributed by atoms with E-state index in [1.54, 1.807) is 29.2 Å². The van der Waals surface area contributed by atoms with E-state index in [1.807, 2.05) is 36.1 Å². The summed E-state index contributed by atoms with van der Waals surface area (Å²) in [5.74, 6) is -0.302. The first-order valence-electron chi connectivity index (χ1n) is 11.1. The number of carbonyl (C=O) groups excluding carboxylic acids is 3. The highest BCUT2D eigenvalue weighted by molar-refractivity contribution is 5.97. The molecule has 31 heavy (non-hydrogen) atoms. The Labute approximate surface area is 183 Å². The van der Waals surface area contributed by atoms with Crippen LogP contribution in [-0.4, -0.2) is 53.7 Å². The van der Waals surface area contributed by atoms with Gasteiger partial charge in [0.1, 0.15) is 0 Å². The Morgan fingerprint density at radius 1 is 0.774 bits per heavy atom. The van der Waals surface area contributed by atoms with Crippen molar-refractivity contribution in [1.29, 1.82) is 0 Å². The van der Waals surface area contributed by atoms with Gasteiger partial charge < -0.3 is 15.1 Å². The van der Waals surface area contributed by atoms with Crippen molar-refractivity contribution in [3.8, 4) is 0 Å². The van der Waals surface area contributed by atoms with Crippen LogP contribution in [0.4, 0.5) is 5.69 Å². The molecule has 0 spiro atoms. The van der Waals surface area contributed by atoms with Gasteiger partial charge in [-0.05, 0) is 69.0 Å². The normalized spacial score (nSPS) is 18.7. The van der Waals surface area contributed by atoms with Gasteiger partial charge in [-0.25, -0.2) is 0 Å². The first-order valence-corrected chi connectivity index (χ1v) is 11.1. The Bertz CT molecular complexity index is 947. The zero-order valence-corrected chi connectivity index (χ0v) is 18.0. The first kappa shape index (κ1) is 21.1. The average Bonchev–Trinajstić information content (AvgIpc) is 3.34. The third-order valence-corrected chi connectivity index (χ3v) is 6.17. The fourth-order valence-corrected chi connectivity index (χ4v) is 4.30. The monoisotopic (exact) mass is 419 g/mol. The lowest BCUT2D eigenvalue weighted by atomic mass is 9.96. The van der Waals surface area contributed by atoms with Crippen LogP contribution in [0.2, 0.25) is 0 Å². The third-order valence-electron chi connectivity index (χ3n) is 6.17. The van der Waals surface area contributed by atoms with Gasteiger partial charge in [0.25, 0.3) is 11.8 Å². The summed E-state index contributed by atoms with van der Waals surface area (Å²) in [6.07, 6.45) is 3.68. The van der Waals surface area contributed by atoms with Gasteiger partial charge in [0.05, 0.1) is 5.92 Å². The van der Waals surface area contributed by atoms with E-state index in [1.165, 1.54) is 0 Å². The maximum Gasteiger partial charge on any atom is 0.253 e. The van der Waals surface area contributed by atoms with Crippen molar-refractivity contribution in [3.63, 3.8) is 0 Å². The SMILES string of the molecule is Cc1ccc(C(=O)N2CCCC(C(=O)Nc3ccc(C(=O)N4CCCC4)cc3)C2)cc1. The van der Waals surface area contributed by atoms with E-state index < -0.39 is 0 Å². The molecule has 6 heteroatoms. The van der Waals surface area contributed by atoms with Gasteiger partial charge in [0, 0.05) is 43.0 Å². The maximum absolute atomic E-state index is 12.8. The second kappa shape index (κ2) is 9.33. The van der Waals surface area contributed by atoms with Crippen LogP contribution in [0.25, 0.3) is 0 Å². The highest BCUT2D eigenvalue weighted by Gasteiger charge is 2.29. The molecule has 4 rings (SSSR count). The van der Waals surface area contributed by atoms with Crippen LogP contribution in [-0.2, 0) is 4.79 Å². The van der Waals surface area contributed by atoms with Crippen LogP contribution in [0.1, 0.15) is 52.0 Å². The molecule has 2 aliphatic heterocycles. The van der Waals surface area contributed by atoms with Crippen LogP contribution in [0.15, 0.2) is 48.5 Å². The largest absolute Gasteiger partial charge is 0.339 e. The number of amides is 3. The van der Waals surface area contributed by atoms with Crippen LogP contribution >= 0.6 is 0 Å². The van der Waals surface area contributed by atoms with Gasteiger partial charge in [-0.15, -0.1) is 0 Å². The van der Waals surface area contributed by atoms with Crippen molar-refractivity contribution in [1.82, 2.24) is 9.80 Å². The number of anilines is 1. The van der Waals surface area contributed by atoms with Crippen LogP contribution in [0, 0.1) is 12.8 Å². The van der Waals surface area contributed by atoms with Gasteiger partial charge in [-0.1, -0.05) is 17.7 Å². The molecule has 0 aliphatic carbocycles. The Kier molecular flexibility index (Phi) is 6.35. The molecule has 1 atom stereocenters. The van der Waals surface area contributed by atoms with Gasteiger partial charge in [-0.3, -0.25) is 14.4 Å². The molecule has 2 aliphatic rings. The van der Waals surface area contributed by atoms with Gasteiger partial charge in [0.2, 0.25) is 5.91 Å². The summed E-state index contributed by atoms with van der Waals surface area (Å²) in [4.78, 5) is 41.7. The van der Waals surface area contributed by atoms with Crippen molar-refractivity contribution in [3.05, 3.63) is 65.2 Å². The molecule has 2 fully saturated rings. The molecular weight excluding hydrogens is 390 g/mol. The molecule has 0 saturated carbocycles. The summed E-state index contributed by atoms with van der Waals surface area (Å²) in [7, 11) is 0. The summed E-state index contributed by atoms with van der Waals surface area (Å²) in [5, 5.41) is 2.95. The second-order valence-electron chi connectivity index (χ2n) is 8.52. The summed E-state index contributed by atoms with van der Waals surface area (Å²) in [6, 6.07) is 14.6. The second-order valence-corrected chi connectivity index (χ2v) is 8.52. The minimum absolute atomic E-state index is 0.0257. The van der Waals surface area contributed by atoms with Crippen LogP contribution < -0.4 is 5.32 Å². The lowest BCUT2D eigenvalue weighted by molar-refractivity contribution is -0.121. The summed E-state index contributed by atoms with van der Waals surface area (Å²) in [6.45, 7) is 4.71. The number of piperidine rings is 1. The number of hydrogen-bond donors (Lipinski definition) is 1. The van der Waals surface area contributed by atoms with E-state index in [-0.39, 0.29) is 23.6 Å². The zero-order chi connectivity index (χ0) is 21.8. The van der Waals surface area contributed by atoms with Crippen molar-refractivity contribution >= 4 is 23.4 Å². The maximum atomic E-state index is 12.8. The molecule has 2 saturated heterocycles. The summed E-state index contributed by atoms with van der Waals surface area (Å²) >= 11 is 0. The van der Waals surface area contributed by atoms with Gasteiger partial charge in [0.15, 0.2) is 0 Å². The molecule has 2 aromatic rings. The number of carbonyl (C=O) groups is 3. The number of benzene rings is 2. The number of aryl methyl sites for hydroxylation is 1. The molecule has 1 N–H and O–H groups in total. The molecule has 0 bridgehead atoms. The van der Waals surface area contributed by atoms with Crippen molar-refractivity contribution in [2.75, 3.05) is 31.5 Å². The van der Waals surface area contributed by atoms with Crippen LogP contribution in [0.5, 0.6) is 0 Å². The van der Waals surface area contributed by atoms with Crippen molar-refractivity contribution in [2.45, 2.75) is 32.6 Å². The fraction of sp³-hybridized carbons (Fsp3) is 0.400. The molecule has 1 unspecified atom stereocenters. The standard InChI is InChI=1S/C25H29N3O3/c1-18-6-8-19(9-7-18)25(31)28-16-4-5-21(17-28)23(29)26-22-12-10-20(11-13-22)24(30)27-14-2-3-15-27/h6-13,21H,2-5,14-17H2,1H3,(H,26,29). The smallest absolute Gasteiger partial charge is 0.253 e. The van der Waals surface area contributed by atoms with E-state index in [0.29, 0.717) is 29.9 Å². The lowest BCUT2D eigenvalue weighted by Gasteiger charge is -2.32. The highest BCUT2D eigenvalue weighted by atomic mass is 16.2. The lowest BCUT2D eigenvalue weighted by Crippen LogP contribution is -2.43. The molecule has 0 aromatic heterocycles. The molecule has 2 heterocycles. The van der Waals surface area contributed by atoms with Gasteiger partial charge in [-0.2, -0.15) is 0 Å². The third kappa shape index (κ3) is 4.95. The number of nitrogens with one attached hydrogen (secondary N) is 1. The Morgan fingerprint density at radius 2 is 1.32 bits per heavy atom. The van der Waals surface area contributed by atoms with E-state index in [4.69, 9.17) is 0 Å². The minimum atomic E-state index is -0.242. The number of nitrogens with zero attached hydrogens (tertiary/aromatic N) is 2. The predicted octanol–water partition coefficient (Wildman–Crippen LogP) is 3.72. The summed E-state index contributed by atoms with van der Waals surface area (Å²) in [5.41, 5.74) is 3.09. The number of hydrogen-bond acceptors (Lipinski definition) is 3. The Morgan fingerprint density at radius 3 is 1.97 bits per heavy atom. The molecule has 3 amide bonds. The number of likely N-dealkylation sites (tertiary alicyclic amines) is 2. The molecule has 2 aromatic carbocycles. The Hall–Kier alpha value is -3.15. The molecular formula is C25H29N3O3. The van der Waals surface area contributed by atoms with E-state index >= 15 is 0 Å². The van der Waals surface area contributed by atoms with E-state index in [0.717, 1.165) is 44.3 Å². The minimum Gasteiger partial charge on any atom is -0.339 e. The highest BCUT2D eigenvalue weighted by Crippen LogP contribution is 2.22. The van der Waals surface area contributed by atoms with Crippen molar-refractivity contribution < 1.29 is 14.4 Å². The van der Waals surface area contributed by atoms with Gasteiger partial charge >= 0.3 is 0 Å². The molecule has 162 valence electrons. The van der Waals surface area contributed by atoms with E-state index in [2.05, 4.69) is 5.32 Å². The molecule has 6 nitrogen and oxygen atoms in total. The van der Waals surface area contributed by atoms with E-state index in [9.17, 15) is 14.4 Å². The Balaban J connectivity index is 1.35. The zero-order valence-electron chi connectivity index (χ0n) is 18.0. The first-order chi connectivity index (χ1) is 15.0. The fourth-order valence-electron chi connectivity index (χ4n) is 4.30. The predicted molar refractivity (Wildman–Crippen MR) is 120 cm³/mol. The topological polar surface area (TPSA) is 69.7 Å². The quantitative estimate of drug-likeness (QED) is 0.821.